The highest BCUT2D eigenvalue weighted by molar-refractivity contribution is 5.12. The summed E-state index contributed by atoms with van der Waals surface area (Å²) in [5.74, 6) is 1.22. The van der Waals surface area contributed by atoms with Crippen LogP contribution in [0.2, 0.25) is 0 Å². The van der Waals surface area contributed by atoms with Crippen molar-refractivity contribution in [3.8, 4) is 6.07 Å². The van der Waals surface area contributed by atoms with Gasteiger partial charge in [0, 0.05) is 6.04 Å². The van der Waals surface area contributed by atoms with Crippen LogP contribution in [0, 0.1) is 23.2 Å². The van der Waals surface area contributed by atoms with Crippen molar-refractivity contribution in [3.63, 3.8) is 0 Å². The third-order valence-electron chi connectivity index (χ3n) is 5.54. The van der Waals surface area contributed by atoms with Crippen molar-refractivity contribution in [2.75, 3.05) is 13.6 Å². The van der Waals surface area contributed by atoms with Gasteiger partial charge in [-0.15, -0.1) is 0 Å². The van der Waals surface area contributed by atoms with Crippen molar-refractivity contribution in [2.24, 2.45) is 17.6 Å². The van der Waals surface area contributed by atoms with Gasteiger partial charge in [-0.2, -0.15) is 5.26 Å². The predicted molar refractivity (Wildman–Crippen MR) is 78.5 cm³/mol. The van der Waals surface area contributed by atoms with Crippen LogP contribution in [-0.4, -0.2) is 30.1 Å². The average Bonchev–Trinajstić information content (AvgIpc) is 2.78. The molecule has 0 aromatic heterocycles. The van der Waals surface area contributed by atoms with E-state index in [1.165, 1.54) is 25.7 Å². The van der Waals surface area contributed by atoms with Crippen molar-refractivity contribution in [2.45, 2.75) is 69.9 Å². The van der Waals surface area contributed by atoms with E-state index in [0.717, 1.165) is 44.2 Å². The molecule has 2 N–H and O–H groups in total. The highest BCUT2D eigenvalue weighted by atomic mass is 15.1. The topological polar surface area (TPSA) is 53.0 Å². The zero-order valence-electron chi connectivity index (χ0n) is 12.6. The first-order valence-corrected chi connectivity index (χ1v) is 7.97. The molecule has 0 heterocycles. The van der Waals surface area contributed by atoms with Crippen LogP contribution in [0.4, 0.5) is 0 Å². The monoisotopic (exact) mass is 263 g/mol. The molecule has 2 saturated carbocycles. The molecule has 0 spiro atoms. The van der Waals surface area contributed by atoms with E-state index >= 15 is 0 Å². The zero-order valence-corrected chi connectivity index (χ0v) is 12.6. The average molecular weight is 263 g/mol. The number of nitriles is 1. The second-order valence-corrected chi connectivity index (χ2v) is 6.84. The van der Waals surface area contributed by atoms with E-state index in [1.807, 2.05) is 0 Å². The molecule has 108 valence electrons. The summed E-state index contributed by atoms with van der Waals surface area (Å²) in [7, 11) is 2.26. The minimum atomic E-state index is -0.543. The lowest BCUT2D eigenvalue weighted by molar-refractivity contribution is 0.129. The van der Waals surface area contributed by atoms with E-state index in [4.69, 9.17) is 5.73 Å². The van der Waals surface area contributed by atoms with Crippen LogP contribution in [0.25, 0.3) is 0 Å². The van der Waals surface area contributed by atoms with Crippen molar-refractivity contribution >= 4 is 0 Å². The Kier molecular flexibility index (Phi) is 4.86. The molecular weight excluding hydrogens is 234 g/mol. The Bertz CT molecular complexity index is 335. The highest BCUT2D eigenvalue weighted by Crippen LogP contribution is 2.36. The Labute approximate surface area is 118 Å². The molecule has 0 aliphatic heterocycles. The molecule has 4 atom stereocenters. The van der Waals surface area contributed by atoms with Gasteiger partial charge in [-0.25, -0.2) is 0 Å². The number of nitrogens with two attached hydrogens (primary N) is 1. The fourth-order valence-electron chi connectivity index (χ4n) is 4.13. The molecule has 0 bridgehead atoms. The third kappa shape index (κ3) is 3.30. The summed E-state index contributed by atoms with van der Waals surface area (Å²) in [5.41, 5.74) is 5.67. The van der Waals surface area contributed by atoms with Gasteiger partial charge in [0.05, 0.1) is 6.07 Å². The third-order valence-corrected chi connectivity index (χ3v) is 5.54. The molecule has 0 aromatic carbocycles. The molecule has 0 saturated heterocycles. The van der Waals surface area contributed by atoms with Gasteiger partial charge < -0.3 is 10.6 Å². The van der Waals surface area contributed by atoms with Crippen molar-refractivity contribution in [3.05, 3.63) is 0 Å². The minimum absolute atomic E-state index is 0.402. The maximum Gasteiger partial charge on any atom is 0.107 e. The van der Waals surface area contributed by atoms with Crippen LogP contribution >= 0.6 is 0 Å². The largest absolute Gasteiger partial charge is 0.313 e. The van der Waals surface area contributed by atoms with Crippen molar-refractivity contribution < 1.29 is 0 Å². The van der Waals surface area contributed by atoms with E-state index in [-0.39, 0.29) is 0 Å². The van der Waals surface area contributed by atoms with Crippen LogP contribution in [0.5, 0.6) is 0 Å². The molecule has 4 unspecified atom stereocenters. The molecule has 0 aromatic rings. The van der Waals surface area contributed by atoms with Gasteiger partial charge in [-0.05, 0) is 57.5 Å². The van der Waals surface area contributed by atoms with E-state index in [0.29, 0.717) is 5.92 Å². The molecule has 19 heavy (non-hydrogen) atoms. The number of hydrogen-bond acceptors (Lipinski definition) is 3. The van der Waals surface area contributed by atoms with Gasteiger partial charge in [0.15, 0.2) is 0 Å². The maximum atomic E-state index is 9.26. The number of nitrogens with zero attached hydrogens (tertiary/aromatic N) is 2. The maximum absolute atomic E-state index is 9.26. The first kappa shape index (κ1) is 14.8. The smallest absolute Gasteiger partial charge is 0.107 e. The fraction of sp³-hybridized carbons (Fsp3) is 0.938. The molecule has 2 aliphatic carbocycles. The summed E-state index contributed by atoms with van der Waals surface area (Å²) < 4.78 is 0. The molecule has 2 rings (SSSR count). The van der Waals surface area contributed by atoms with Crippen LogP contribution in [-0.2, 0) is 0 Å². The van der Waals surface area contributed by atoms with Crippen LogP contribution in [0.3, 0.4) is 0 Å². The normalized spacial score (nSPS) is 39.4. The lowest BCUT2D eigenvalue weighted by Gasteiger charge is -2.37. The van der Waals surface area contributed by atoms with E-state index in [1.54, 1.807) is 0 Å². The molecular formula is C16H29N3. The summed E-state index contributed by atoms with van der Waals surface area (Å²) in [6.07, 6.45) is 9.72. The summed E-state index contributed by atoms with van der Waals surface area (Å²) in [6.45, 7) is 3.48. The molecule has 0 radical (unpaired) electrons. The van der Waals surface area contributed by atoms with Crippen molar-refractivity contribution in [1.82, 2.24) is 4.90 Å². The molecule has 2 aliphatic rings. The zero-order chi connectivity index (χ0) is 13.9. The van der Waals surface area contributed by atoms with E-state index in [2.05, 4.69) is 24.9 Å². The number of hydrogen-bond donors (Lipinski definition) is 1. The Hall–Kier alpha value is -0.590. The van der Waals surface area contributed by atoms with Gasteiger partial charge in [0.1, 0.15) is 5.54 Å². The highest BCUT2D eigenvalue weighted by Gasteiger charge is 2.39. The van der Waals surface area contributed by atoms with Crippen LogP contribution in [0.15, 0.2) is 0 Å². The second-order valence-electron chi connectivity index (χ2n) is 6.84. The van der Waals surface area contributed by atoms with Gasteiger partial charge >= 0.3 is 0 Å². The van der Waals surface area contributed by atoms with Gasteiger partial charge in [-0.1, -0.05) is 26.2 Å². The SMILES string of the molecule is CC1CCCCC1N(C)CCC1CCCC1(N)C#N. The summed E-state index contributed by atoms with van der Waals surface area (Å²) in [5, 5.41) is 9.26. The molecule has 3 heteroatoms. The summed E-state index contributed by atoms with van der Waals surface area (Å²) in [6, 6.07) is 3.10. The fourth-order valence-corrected chi connectivity index (χ4v) is 4.13. The molecule has 2 fully saturated rings. The summed E-state index contributed by atoms with van der Waals surface area (Å²) >= 11 is 0. The molecule has 0 amide bonds. The minimum Gasteiger partial charge on any atom is -0.313 e. The second kappa shape index (κ2) is 6.24. The first-order chi connectivity index (χ1) is 9.07. The van der Waals surface area contributed by atoms with Gasteiger partial charge in [-0.3, -0.25) is 0 Å². The lowest BCUT2D eigenvalue weighted by atomic mass is 9.84. The Balaban J connectivity index is 1.83. The van der Waals surface area contributed by atoms with Gasteiger partial charge in [0.25, 0.3) is 0 Å². The summed E-state index contributed by atoms with van der Waals surface area (Å²) in [4.78, 5) is 2.53. The Morgan fingerprint density at radius 3 is 2.68 bits per heavy atom. The van der Waals surface area contributed by atoms with Gasteiger partial charge in [0.2, 0.25) is 0 Å². The molecule has 3 nitrogen and oxygen atoms in total. The van der Waals surface area contributed by atoms with Crippen LogP contribution in [0.1, 0.15) is 58.3 Å². The number of rotatable bonds is 4. The van der Waals surface area contributed by atoms with E-state index < -0.39 is 5.54 Å². The predicted octanol–water partition coefficient (Wildman–Crippen LogP) is 2.91. The standard InChI is InChI=1S/C16H29N3/c1-13-6-3-4-8-15(13)19(2)11-9-14-7-5-10-16(14,18)12-17/h13-15H,3-11,18H2,1-2H3. The quantitative estimate of drug-likeness (QED) is 0.848. The van der Waals surface area contributed by atoms with Crippen molar-refractivity contribution in [1.29, 1.82) is 5.26 Å². The Morgan fingerprint density at radius 1 is 1.26 bits per heavy atom. The van der Waals surface area contributed by atoms with E-state index in [9.17, 15) is 5.26 Å². The first-order valence-electron chi connectivity index (χ1n) is 7.97. The van der Waals surface area contributed by atoms with Crippen LogP contribution < -0.4 is 5.73 Å². The Morgan fingerprint density at radius 2 is 2.00 bits per heavy atom. The lowest BCUT2D eigenvalue weighted by Crippen LogP contribution is -2.44.